The first-order valence-corrected chi connectivity index (χ1v) is 39.1. The van der Waals surface area contributed by atoms with E-state index in [1.807, 2.05) is 20.8 Å². The Kier molecular flexibility index (Phi) is 23.5. The first kappa shape index (κ1) is 80.8. The van der Waals surface area contributed by atoms with Crippen LogP contribution >= 0.6 is 0 Å². The van der Waals surface area contributed by atoms with Crippen molar-refractivity contribution in [2.45, 2.75) is 172 Å². The standard InChI is InChI=1S/C39H39F6NO8S.C33H31F7O5SSi.2ClH/c1-21-20-37(2,3)46(15-7-10-23(47)9-6-8-22-13-16-51-17-14-22)32-25(21)18-27-33(30(32)41)52-34-28(38(27)26-12-5-4-11-24(26)36(48)53-38)19-29(40)35(31(34)42)54-55(49,50)39(43,44)45;1-17-14-19(25(41)11-7-10-18-8-5-4-6-9-18)12-13-20(17)26-21-15-23(34)29(42)27(36)31(21)47(2,3)32-22(26)16-24(35)30(28(32)37)45-46(43,44)33(38,39)40;;/h4-5,11-12,18-19,21-22H,6-10,13-17,20H2,1-3H3;12-16,18H,4-11H2,1-3H3;2*1H/p-2. The Hall–Kier alpha value is -7.25. The van der Waals surface area contributed by atoms with Crippen LogP contribution in [0.2, 0.25) is 13.1 Å². The van der Waals surface area contributed by atoms with Crippen molar-refractivity contribution in [1.29, 1.82) is 0 Å². The van der Waals surface area contributed by atoms with E-state index in [-0.39, 0.29) is 99.9 Å². The van der Waals surface area contributed by atoms with Crippen LogP contribution in [0.1, 0.15) is 189 Å². The number of aryl methyl sites for hydroxylation is 1. The fourth-order valence-corrected chi connectivity index (χ4v) is 19.7. The largest absolute Gasteiger partial charge is 1.00 e. The Morgan fingerprint density at radius 1 is 0.673 bits per heavy atom. The molecule has 104 heavy (non-hydrogen) atoms. The number of hydrogen-bond acceptors (Lipinski definition) is 14. The summed E-state index contributed by atoms with van der Waals surface area (Å²) in [7, 11) is -17.0. The van der Waals surface area contributed by atoms with E-state index < -0.39 is 142 Å². The average Bonchev–Trinajstić information content (AvgIpc) is 1.33. The number of nitrogens with zero attached hydrogens (tertiary/aromatic N) is 1. The van der Waals surface area contributed by atoms with Gasteiger partial charge in [0, 0.05) is 55.7 Å². The lowest BCUT2D eigenvalue weighted by molar-refractivity contribution is -0.119. The molecule has 5 aromatic carbocycles. The van der Waals surface area contributed by atoms with Gasteiger partial charge < -0.3 is 52.3 Å². The highest BCUT2D eigenvalue weighted by Crippen LogP contribution is 2.62. The molecule has 1 saturated carbocycles. The number of anilines is 1. The minimum atomic E-state index is -6.57. The molecule has 564 valence electrons. The van der Waals surface area contributed by atoms with Gasteiger partial charge in [-0.2, -0.15) is 47.6 Å². The molecule has 32 heteroatoms. The maximum Gasteiger partial charge on any atom is 0.534 e. The summed E-state index contributed by atoms with van der Waals surface area (Å²) < 4.78 is 262. The molecule has 12 rings (SSSR count). The highest BCUT2D eigenvalue weighted by Gasteiger charge is 2.59. The Labute approximate surface area is 604 Å². The monoisotopic (exact) mass is 1570 g/mol. The molecule has 5 aliphatic heterocycles. The number of carbonyl (C=O) groups is 4. The van der Waals surface area contributed by atoms with Crippen molar-refractivity contribution in [1.82, 2.24) is 0 Å². The van der Waals surface area contributed by atoms with Gasteiger partial charge in [0.25, 0.3) is 0 Å². The second-order valence-corrected chi connectivity index (χ2v) is 35.3. The summed E-state index contributed by atoms with van der Waals surface area (Å²) in [6, 6.07) is 12.8. The molecule has 2 fully saturated rings. The van der Waals surface area contributed by atoms with Crippen molar-refractivity contribution < 1.29 is 140 Å². The molecule has 0 radical (unpaired) electrons. The van der Waals surface area contributed by atoms with E-state index in [1.54, 1.807) is 11.8 Å². The van der Waals surface area contributed by atoms with Crippen molar-refractivity contribution in [2.24, 2.45) is 11.8 Å². The zero-order valence-electron chi connectivity index (χ0n) is 56.8. The third-order valence-electron chi connectivity index (χ3n) is 20.3. The zero-order chi connectivity index (χ0) is 74.3. The van der Waals surface area contributed by atoms with Gasteiger partial charge in [0.05, 0.1) is 22.4 Å². The van der Waals surface area contributed by atoms with Gasteiger partial charge in [-0.1, -0.05) is 88.9 Å². The molecule has 2 atom stereocenters. The predicted molar refractivity (Wildman–Crippen MR) is 350 cm³/mol. The number of allylic oxidation sites excluding steroid dienone is 5. The topological polar surface area (TPSA) is 186 Å². The molecule has 5 aromatic rings. The first-order chi connectivity index (χ1) is 47.7. The Morgan fingerprint density at radius 2 is 1.24 bits per heavy atom. The fraction of sp³-hybridized carbons (Fsp3) is 0.444. The quantitative estimate of drug-likeness (QED) is 0.0201. The van der Waals surface area contributed by atoms with E-state index in [9.17, 15) is 66.7 Å². The number of hydrogen-bond donors (Lipinski definition) is 0. The summed E-state index contributed by atoms with van der Waals surface area (Å²) in [5.74, 6) is -19.1. The predicted octanol–water partition coefficient (Wildman–Crippen LogP) is 11.3. The molecule has 0 N–H and O–H groups in total. The van der Waals surface area contributed by atoms with Crippen LogP contribution in [-0.2, 0) is 44.9 Å². The van der Waals surface area contributed by atoms with Gasteiger partial charge in [-0.05, 0) is 164 Å². The highest BCUT2D eigenvalue weighted by molar-refractivity contribution is 7.88. The molecule has 2 unspecified atom stereocenters. The van der Waals surface area contributed by atoms with Crippen LogP contribution in [0.5, 0.6) is 23.0 Å². The van der Waals surface area contributed by atoms with Crippen molar-refractivity contribution >= 4 is 68.1 Å². The van der Waals surface area contributed by atoms with Gasteiger partial charge >= 0.3 is 37.2 Å². The molecule has 1 saturated heterocycles. The molecule has 2 aliphatic carbocycles. The number of halogens is 15. The Bertz CT molecular complexity index is 4650. The lowest BCUT2D eigenvalue weighted by Crippen LogP contribution is -3.00. The SMILES string of the molecule is CC1CC(C)(C)N(CCCC(=O)CCCC2CCOCC2)c2c1cc1c(c2F)Oc2c(cc(F)c(OS(=O)(=O)C(F)(F)F)c2F)C12OC(=O)c1ccccc12.Cc1cc(C(=O)CCCC2CCCCC2)ccc1C1=C2C=C(F)C(=O)C(F)=C2[Si](C)(C)c2c1cc(F)c(OS(=O)(=O)C(F)(F)F)c2F.[Cl-].[Cl-]. The average molecular weight is 1570 g/mol. The van der Waals surface area contributed by atoms with Crippen LogP contribution in [0.4, 0.5) is 62.8 Å². The first-order valence-electron chi connectivity index (χ1n) is 33.3. The smallest absolute Gasteiger partial charge is 0.534 e. The van der Waals surface area contributed by atoms with Crippen LogP contribution in [0.25, 0.3) is 5.57 Å². The minimum Gasteiger partial charge on any atom is -1.00 e. The number of alkyl halides is 6. The lowest BCUT2D eigenvalue weighted by atomic mass is 9.73. The zero-order valence-corrected chi connectivity index (χ0v) is 60.9. The van der Waals surface area contributed by atoms with E-state index in [2.05, 4.69) is 8.37 Å². The summed E-state index contributed by atoms with van der Waals surface area (Å²) in [6.07, 6.45) is 13.8. The number of benzene rings is 5. The van der Waals surface area contributed by atoms with Gasteiger partial charge in [0.1, 0.15) is 13.9 Å². The van der Waals surface area contributed by atoms with Crippen LogP contribution in [0.15, 0.2) is 89.2 Å². The van der Waals surface area contributed by atoms with E-state index >= 15 is 26.3 Å². The number of rotatable bonds is 18. The normalized spacial score (nSPS) is 19.9. The number of ketones is 3. The number of carbonyl (C=O) groups excluding carboxylic acids is 4. The van der Waals surface area contributed by atoms with Gasteiger partial charge in [0.15, 0.2) is 57.8 Å². The van der Waals surface area contributed by atoms with Gasteiger partial charge in [-0.15, -0.1) is 0 Å². The molecular weight excluding hydrogens is 1500 g/mol. The maximum absolute atomic E-state index is 17.4. The van der Waals surface area contributed by atoms with Crippen LogP contribution < -0.4 is 48.0 Å². The summed E-state index contributed by atoms with van der Waals surface area (Å²) in [5, 5.41) is -0.968. The molecule has 7 aliphatic rings. The lowest BCUT2D eigenvalue weighted by Gasteiger charge is -2.49. The van der Waals surface area contributed by atoms with E-state index in [0.717, 1.165) is 64.2 Å². The van der Waals surface area contributed by atoms with E-state index in [4.69, 9.17) is 14.2 Å². The van der Waals surface area contributed by atoms with Crippen molar-refractivity contribution in [3.05, 3.63) is 168 Å². The Morgan fingerprint density at radius 3 is 1.87 bits per heavy atom. The summed E-state index contributed by atoms with van der Waals surface area (Å²) >= 11 is 0. The van der Waals surface area contributed by atoms with Crippen molar-refractivity contribution in [2.75, 3.05) is 24.7 Å². The second kappa shape index (κ2) is 30.2. The molecule has 14 nitrogen and oxygen atoms in total. The van der Waals surface area contributed by atoms with Gasteiger partial charge in [0.2, 0.25) is 23.1 Å². The van der Waals surface area contributed by atoms with E-state index in [0.29, 0.717) is 72.8 Å². The molecule has 0 bridgehead atoms. The third-order valence-corrected chi connectivity index (χ3v) is 25.7. The van der Waals surface area contributed by atoms with Crippen LogP contribution in [0, 0.1) is 47.8 Å². The van der Waals surface area contributed by atoms with Gasteiger partial charge in [-0.25, -0.2) is 31.1 Å². The summed E-state index contributed by atoms with van der Waals surface area (Å²) in [5.41, 5.74) is -15.0. The highest BCUT2D eigenvalue weighted by atomic mass is 35.5. The number of esters is 1. The van der Waals surface area contributed by atoms with Crippen molar-refractivity contribution in [3.8, 4) is 23.0 Å². The summed E-state index contributed by atoms with van der Waals surface area (Å²) in [4.78, 5) is 53.5. The Balaban J connectivity index is 0.000000240. The second-order valence-electron chi connectivity index (χ2n) is 27.9. The molecule has 1 spiro atoms. The number of fused-ring (bicyclic) bond motifs is 9. The number of Topliss-reactive ketones (excluding diaryl/α,β-unsaturated/α-hetero) is 3. The maximum atomic E-state index is 17.4. The van der Waals surface area contributed by atoms with Crippen LogP contribution in [0.3, 0.4) is 0 Å². The molecule has 5 heterocycles. The van der Waals surface area contributed by atoms with Gasteiger partial charge in [-0.3, -0.25) is 14.4 Å². The van der Waals surface area contributed by atoms with Crippen LogP contribution in [-0.4, -0.2) is 84.5 Å². The molecular formula is C72H70Cl2F13NO13S2Si-2. The fourth-order valence-electron chi connectivity index (χ4n) is 15.5. The molecule has 0 amide bonds. The molecule has 0 aromatic heterocycles. The third kappa shape index (κ3) is 14.9. The van der Waals surface area contributed by atoms with E-state index in [1.165, 1.54) is 80.9 Å². The summed E-state index contributed by atoms with van der Waals surface area (Å²) in [6.45, 7) is 11.5. The number of ether oxygens (including phenoxy) is 3. The van der Waals surface area contributed by atoms with Crippen molar-refractivity contribution in [3.63, 3.8) is 0 Å². The minimum absolute atomic E-state index is 0.